The van der Waals surface area contributed by atoms with E-state index in [0.717, 1.165) is 5.75 Å². The average Bonchev–Trinajstić information content (AvgIpc) is 2.30. The predicted molar refractivity (Wildman–Crippen MR) is 77.0 cm³/mol. The molecule has 1 atom stereocenters. The van der Waals surface area contributed by atoms with Gasteiger partial charge in [0.05, 0.1) is 12.6 Å². The Morgan fingerprint density at radius 1 is 1.24 bits per heavy atom. The van der Waals surface area contributed by atoms with E-state index in [1.165, 1.54) is 10.6 Å². The van der Waals surface area contributed by atoms with Crippen LogP contribution in [-0.4, -0.2) is 30.6 Å². The van der Waals surface area contributed by atoms with Crippen molar-refractivity contribution in [3.05, 3.63) is 24.3 Å². The van der Waals surface area contributed by atoms with Crippen LogP contribution in [0.4, 0.5) is 5.69 Å². The van der Waals surface area contributed by atoms with E-state index in [9.17, 15) is 5.11 Å². The van der Waals surface area contributed by atoms with Crippen molar-refractivity contribution in [1.29, 1.82) is 0 Å². The zero-order valence-electron chi connectivity index (χ0n) is 11.2. The molecule has 0 amide bonds. The molecule has 3 heteroatoms. The highest BCUT2D eigenvalue weighted by Crippen LogP contribution is 2.24. The van der Waals surface area contributed by atoms with E-state index in [2.05, 4.69) is 49.9 Å². The molecular weight excluding hydrogens is 230 g/mol. The van der Waals surface area contributed by atoms with Crippen LogP contribution in [0.3, 0.4) is 0 Å². The molecule has 0 spiro atoms. The van der Waals surface area contributed by atoms with Gasteiger partial charge < -0.3 is 10.0 Å². The number of rotatable bonds is 6. The molecule has 1 N–H and O–H groups in total. The zero-order valence-corrected chi connectivity index (χ0v) is 12.0. The summed E-state index contributed by atoms with van der Waals surface area (Å²) in [4.78, 5) is 3.46. The number of aliphatic hydroxyl groups is 1. The fraction of sp³-hybridized carbons (Fsp3) is 0.571. The first-order valence-electron chi connectivity index (χ1n) is 6.16. The van der Waals surface area contributed by atoms with Crippen LogP contribution in [0.2, 0.25) is 0 Å². The highest BCUT2D eigenvalue weighted by atomic mass is 32.2. The third-order valence-electron chi connectivity index (χ3n) is 3.01. The molecule has 1 aromatic rings. The average molecular weight is 253 g/mol. The maximum atomic E-state index is 9.42. The molecule has 1 aromatic carbocycles. The van der Waals surface area contributed by atoms with Crippen molar-refractivity contribution in [2.45, 2.75) is 31.7 Å². The van der Waals surface area contributed by atoms with E-state index >= 15 is 0 Å². The van der Waals surface area contributed by atoms with Gasteiger partial charge in [-0.15, -0.1) is 11.8 Å². The topological polar surface area (TPSA) is 23.5 Å². The van der Waals surface area contributed by atoms with Gasteiger partial charge in [-0.25, -0.2) is 0 Å². The predicted octanol–water partition coefficient (Wildman–Crippen LogP) is 3.25. The minimum Gasteiger partial charge on any atom is -0.394 e. The molecule has 0 aliphatic heterocycles. The molecule has 0 heterocycles. The first-order chi connectivity index (χ1) is 8.10. The Balaban J connectivity index is 2.77. The Morgan fingerprint density at radius 3 is 2.24 bits per heavy atom. The van der Waals surface area contributed by atoms with Crippen LogP contribution < -0.4 is 4.90 Å². The van der Waals surface area contributed by atoms with Crippen molar-refractivity contribution in [1.82, 2.24) is 0 Å². The van der Waals surface area contributed by atoms with Crippen LogP contribution in [0.1, 0.15) is 20.8 Å². The highest BCUT2D eigenvalue weighted by Gasteiger charge is 2.17. The fourth-order valence-corrected chi connectivity index (χ4v) is 2.58. The Bertz CT molecular complexity index is 323. The summed E-state index contributed by atoms with van der Waals surface area (Å²) in [7, 11) is 2.04. The van der Waals surface area contributed by atoms with Crippen molar-refractivity contribution in [2.75, 3.05) is 24.3 Å². The monoisotopic (exact) mass is 253 g/mol. The third kappa shape index (κ3) is 3.93. The quantitative estimate of drug-likeness (QED) is 0.787. The lowest BCUT2D eigenvalue weighted by Crippen LogP contribution is -2.38. The van der Waals surface area contributed by atoms with E-state index in [1.807, 2.05) is 18.8 Å². The van der Waals surface area contributed by atoms with Crippen LogP contribution in [0.15, 0.2) is 29.2 Å². The molecule has 0 bridgehead atoms. The van der Waals surface area contributed by atoms with Crippen LogP contribution in [0.5, 0.6) is 0 Å². The molecule has 2 nitrogen and oxygen atoms in total. The van der Waals surface area contributed by atoms with Crippen molar-refractivity contribution < 1.29 is 5.11 Å². The lowest BCUT2D eigenvalue weighted by atomic mass is 10.0. The zero-order chi connectivity index (χ0) is 12.8. The van der Waals surface area contributed by atoms with E-state index < -0.39 is 0 Å². The van der Waals surface area contributed by atoms with Crippen LogP contribution in [0, 0.1) is 5.92 Å². The maximum absolute atomic E-state index is 9.42. The number of nitrogens with zero attached hydrogens (tertiary/aromatic N) is 1. The van der Waals surface area contributed by atoms with Gasteiger partial charge in [-0.1, -0.05) is 20.8 Å². The number of benzene rings is 1. The molecule has 0 aromatic heterocycles. The standard InChI is InChI=1S/C14H23NOS/c1-5-17-13-8-6-12(7-9-13)15(4)14(10-16)11(2)3/h6-9,11,14,16H,5,10H2,1-4H3. The van der Waals surface area contributed by atoms with Crippen molar-refractivity contribution in [3.63, 3.8) is 0 Å². The molecule has 0 saturated carbocycles. The summed E-state index contributed by atoms with van der Waals surface area (Å²) in [6.45, 7) is 6.63. The molecule has 96 valence electrons. The van der Waals surface area contributed by atoms with Crippen molar-refractivity contribution in [2.24, 2.45) is 5.92 Å². The molecule has 1 rings (SSSR count). The Morgan fingerprint density at radius 2 is 1.82 bits per heavy atom. The van der Waals surface area contributed by atoms with Gasteiger partial charge in [-0.3, -0.25) is 0 Å². The van der Waals surface area contributed by atoms with Crippen molar-refractivity contribution in [3.8, 4) is 0 Å². The molecular formula is C14H23NOS. The number of likely N-dealkylation sites (N-methyl/N-ethyl adjacent to an activating group) is 1. The Hall–Kier alpha value is -0.670. The van der Waals surface area contributed by atoms with Gasteiger partial charge in [-0.2, -0.15) is 0 Å². The summed E-state index contributed by atoms with van der Waals surface area (Å²) >= 11 is 1.85. The summed E-state index contributed by atoms with van der Waals surface area (Å²) < 4.78 is 0. The molecule has 0 aliphatic rings. The smallest absolute Gasteiger partial charge is 0.0637 e. The molecule has 0 aliphatic carbocycles. The lowest BCUT2D eigenvalue weighted by Gasteiger charge is -2.31. The lowest BCUT2D eigenvalue weighted by molar-refractivity contribution is 0.234. The summed E-state index contributed by atoms with van der Waals surface area (Å²) in [6, 6.07) is 8.73. The van der Waals surface area contributed by atoms with E-state index in [-0.39, 0.29) is 12.6 Å². The second-order valence-corrected chi connectivity index (χ2v) is 5.87. The van der Waals surface area contributed by atoms with E-state index in [0.29, 0.717) is 5.92 Å². The van der Waals surface area contributed by atoms with Gasteiger partial charge in [0.25, 0.3) is 0 Å². The molecule has 0 fully saturated rings. The van der Waals surface area contributed by atoms with Gasteiger partial charge in [-0.05, 0) is 35.9 Å². The van der Waals surface area contributed by atoms with Gasteiger partial charge in [0.15, 0.2) is 0 Å². The summed E-state index contributed by atoms with van der Waals surface area (Å²) in [5, 5.41) is 9.42. The van der Waals surface area contributed by atoms with Gasteiger partial charge in [0, 0.05) is 17.6 Å². The second-order valence-electron chi connectivity index (χ2n) is 4.53. The first kappa shape index (κ1) is 14.4. The van der Waals surface area contributed by atoms with Crippen LogP contribution >= 0.6 is 11.8 Å². The van der Waals surface area contributed by atoms with Gasteiger partial charge >= 0.3 is 0 Å². The normalized spacial score (nSPS) is 12.8. The van der Waals surface area contributed by atoms with E-state index in [4.69, 9.17) is 0 Å². The first-order valence-corrected chi connectivity index (χ1v) is 7.15. The minimum atomic E-state index is 0.180. The van der Waals surface area contributed by atoms with Gasteiger partial charge in [0.2, 0.25) is 0 Å². The molecule has 17 heavy (non-hydrogen) atoms. The summed E-state index contributed by atoms with van der Waals surface area (Å²) in [5.74, 6) is 1.54. The third-order valence-corrected chi connectivity index (χ3v) is 3.90. The van der Waals surface area contributed by atoms with E-state index in [1.54, 1.807) is 0 Å². The maximum Gasteiger partial charge on any atom is 0.0637 e. The highest BCUT2D eigenvalue weighted by molar-refractivity contribution is 7.99. The number of hydrogen-bond donors (Lipinski definition) is 1. The number of anilines is 1. The number of aliphatic hydroxyl groups excluding tert-OH is 1. The SMILES string of the molecule is CCSc1ccc(N(C)C(CO)C(C)C)cc1. The second kappa shape index (κ2) is 6.92. The van der Waals surface area contributed by atoms with Crippen molar-refractivity contribution >= 4 is 17.4 Å². The fourth-order valence-electron chi connectivity index (χ4n) is 1.92. The van der Waals surface area contributed by atoms with Crippen LogP contribution in [0.25, 0.3) is 0 Å². The molecule has 0 saturated heterocycles. The molecule has 0 radical (unpaired) electrons. The number of thioether (sulfide) groups is 1. The minimum absolute atomic E-state index is 0.180. The molecule has 1 unspecified atom stereocenters. The summed E-state index contributed by atoms with van der Waals surface area (Å²) in [6.07, 6.45) is 0. The Kier molecular flexibility index (Phi) is 5.86. The number of hydrogen-bond acceptors (Lipinski definition) is 3. The Labute approximate surface area is 109 Å². The largest absolute Gasteiger partial charge is 0.394 e. The van der Waals surface area contributed by atoms with Gasteiger partial charge in [0.1, 0.15) is 0 Å². The summed E-state index contributed by atoms with van der Waals surface area (Å²) in [5.41, 5.74) is 1.17. The van der Waals surface area contributed by atoms with Crippen LogP contribution in [-0.2, 0) is 0 Å².